The Morgan fingerprint density at radius 1 is 0.885 bits per heavy atom. The number of amides is 1. The second kappa shape index (κ2) is 8.92. The Bertz CT molecular complexity index is 794. The standard InChI is InChI=1S/C20H19Cl3N2O/c21-17-5-2-1-4-15(17)8-9-20(26)25-12-10-24(11-13-25)14-16-18(22)6-3-7-19(16)23/h1-9H,10-14H2/b9-8+. The van der Waals surface area contributed by atoms with Gasteiger partial charge in [-0.2, -0.15) is 0 Å². The molecule has 0 spiro atoms. The smallest absolute Gasteiger partial charge is 0.246 e. The molecule has 1 aliphatic heterocycles. The number of piperazine rings is 1. The van der Waals surface area contributed by atoms with Gasteiger partial charge in [0.25, 0.3) is 0 Å². The molecule has 0 saturated carbocycles. The molecule has 136 valence electrons. The molecule has 0 atom stereocenters. The van der Waals surface area contributed by atoms with Crippen LogP contribution in [0.15, 0.2) is 48.5 Å². The van der Waals surface area contributed by atoms with Gasteiger partial charge in [0.15, 0.2) is 0 Å². The minimum Gasteiger partial charge on any atom is -0.337 e. The van der Waals surface area contributed by atoms with Gasteiger partial charge in [-0.25, -0.2) is 0 Å². The van der Waals surface area contributed by atoms with E-state index >= 15 is 0 Å². The highest BCUT2D eigenvalue weighted by Crippen LogP contribution is 2.26. The summed E-state index contributed by atoms with van der Waals surface area (Å²) < 4.78 is 0. The number of rotatable bonds is 4. The van der Waals surface area contributed by atoms with E-state index in [1.807, 2.05) is 47.4 Å². The summed E-state index contributed by atoms with van der Waals surface area (Å²) in [6, 6.07) is 13.0. The SMILES string of the molecule is O=C(/C=C/c1ccccc1Cl)N1CCN(Cc2c(Cl)cccc2Cl)CC1. The molecule has 0 N–H and O–H groups in total. The lowest BCUT2D eigenvalue weighted by Gasteiger charge is -2.34. The van der Waals surface area contributed by atoms with E-state index in [-0.39, 0.29) is 5.91 Å². The third-order valence-corrected chi connectivity index (χ3v) is 5.49. The van der Waals surface area contributed by atoms with Crippen molar-refractivity contribution in [2.45, 2.75) is 6.54 Å². The number of hydrogen-bond donors (Lipinski definition) is 0. The van der Waals surface area contributed by atoms with Crippen molar-refractivity contribution in [2.24, 2.45) is 0 Å². The van der Waals surface area contributed by atoms with Gasteiger partial charge in [0.05, 0.1) is 0 Å². The van der Waals surface area contributed by atoms with Crippen LogP contribution in [0.2, 0.25) is 15.1 Å². The summed E-state index contributed by atoms with van der Waals surface area (Å²) in [5.74, 6) is 0.000320. The van der Waals surface area contributed by atoms with Crippen molar-refractivity contribution in [1.29, 1.82) is 0 Å². The number of benzene rings is 2. The fourth-order valence-corrected chi connectivity index (χ4v) is 3.63. The minimum atomic E-state index is 0.000320. The molecule has 6 heteroatoms. The molecule has 3 rings (SSSR count). The van der Waals surface area contributed by atoms with Gasteiger partial charge in [-0.1, -0.05) is 59.1 Å². The maximum atomic E-state index is 12.4. The molecule has 0 unspecified atom stereocenters. The lowest BCUT2D eigenvalue weighted by atomic mass is 10.2. The van der Waals surface area contributed by atoms with Crippen molar-refractivity contribution >= 4 is 46.8 Å². The maximum absolute atomic E-state index is 12.4. The van der Waals surface area contributed by atoms with Gasteiger partial charge in [0, 0.05) is 59.4 Å². The summed E-state index contributed by atoms with van der Waals surface area (Å²) in [5.41, 5.74) is 1.78. The van der Waals surface area contributed by atoms with E-state index in [2.05, 4.69) is 4.90 Å². The molecular weight excluding hydrogens is 391 g/mol. The van der Waals surface area contributed by atoms with Crippen LogP contribution in [0.1, 0.15) is 11.1 Å². The molecule has 2 aromatic carbocycles. The van der Waals surface area contributed by atoms with Gasteiger partial charge in [-0.05, 0) is 29.8 Å². The second-order valence-electron chi connectivity index (χ2n) is 6.16. The van der Waals surface area contributed by atoms with E-state index in [0.29, 0.717) is 34.7 Å². The highest BCUT2D eigenvalue weighted by Gasteiger charge is 2.21. The van der Waals surface area contributed by atoms with E-state index in [1.165, 1.54) is 0 Å². The lowest BCUT2D eigenvalue weighted by molar-refractivity contribution is -0.127. The molecule has 1 fully saturated rings. The van der Waals surface area contributed by atoms with Crippen LogP contribution >= 0.6 is 34.8 Å². The van der Waals surface area contributed by atoms with Gasteiger partial charge >= 0.3 is 0 Å². The molecule has 26 heavy (non-hydrogen) atoms. The highest BCUT2D eigenvalue weighted by molar-refractivity contribution is 6.36. The summed E-state index contributed by atoms with van der Waals surface area (Å²) in [6.07, 6.45) is 3.35. The normalized spacial score (nSPS) is 15.6. The molecule has 2 aromatic rings. The number of carbonyl (C=O) groups excluding carboxylic acids is 1. The molecule has 3 nitrogen and oxygen atoms in total. The van der Waals surface area contributed by atoms with Crippen LogP contribution in [0, 0.1) is 0 Å². The molecule has 1 heterocycles. The maximum Gasteiger partial charge on any atom is 0.246 e. The molecule has 0 bridgehead atoms. The average molecular weight is 410 g/mol. The van der Waals surface area contributed by atoms with Crippen LogP contribution in [-0.2, 0) is 11.3 Å². The first-order chi connectivity index (χ1) is 12.5. The van der Waals surface area contributed by atoms with Crippen molar-refractivity contribution in [3.05, 3.63) is 74.7 Å². The Morgan fingerprint density at radius 3 is 2.15 bits per heavy atom. The van der Waals surface area contributed by atoms with Gasteiger partial charge in [-0.15, -0.1) is 0 Å². The predicted molar refractivity (Wildman–Crippen MR) is 109 cm³/mol. The number of carbonyl (C=O) groups is 1. The van der Waals surface area contributed by atoms with Crippen molar-refractivity contribution < 1.29 is 4.79 Å². The molecule has 1 aliphatic rings. The predicted octanol–water partition coefficient (Wildman–Crippen LogP) is 5.00. The zero-order valence-electron chi connectivity index (χ0n) is 14.2. The molecule has 1 saturated heterocycles. The zero-order chi connectivity index (χ0) is 18.5. The van der Waals surface area contributed by atoms with E-state index in [4.69, 9.17) is 34.8 Å². The zero-order valence-corrected chi connectivity index (χ0v) is 16.4. The summed E-state index contributed by atoms with van der Waals surface area (Å²) in [6.45, 7) is 3.61. The number of nitrogens with zero attached hydrogens (tertiary/aromatic N) is 2. The molecule has 1 amide bonds. The Hall–Kier alpha value is -1.52. The largest absolute Gasteiger partial charge is 0.337 e. The Morgan fingerprint density at radius 2 is 1.50 bits per heavy atom. The molecule has 0 radical (unpaired) electrons. The quantitative estimate of drug-likeness (QED) is 0.663. The summed E-state index contributed by atoms with van der Waals surface area (Å²) in [5, 5.41) is 2.00. The topological polar surface area (TPSA) is 23.6 Å². The van der Waals surface area contributed by atoms with Crippen LogP contribution in [0.25, 0.3) is 6.08 Å². The monoisotopic (exact) mass is 408 g/mol. The first kappa shape index (κ1) is 19.2. The molecule has 0 aliphatic carbocycles. The van der Waals surface area contributed by atoms with Crippen molar-refractivity contribution in [3.8, 4) is 0 Å². The van der Waals surface area contributed by atoms with E-state index in [0.717, 1.165) is 24.2 Å². The highest BCUT2D eigenvalue weighted by atomic mass is 35.5. The third-order valence-electron chi connectivity index (χ3n) is 4.44. The van der Waals surface area contributed by atoms with Crippen molar-refractivity contribution in [2.75, 3.05) is 26.2 Å². The first-order valence-corrected chi connectivity index (χ1v) is 9.55. The van der Waals surface area contributed by atoms with Crippen LogP contribution in [0.4, 0.5) is 0 Å². The Labute approximate surface area is 168 Å². The van der Waals surface area contributed by atoms with E-state index < -0.39 is 0 Å². The van der Waals surface area contributed by atoms with Crippen LogP contribution in [0.3, 0.4) is 0 Å². The van der Waals surface area contributed by atoms with Crippen molar-refractivity contribution in [3.63, 3.8) is 0 Å². The first-order valence-electron chi connectivity index (χ1n) is 8.41. The Balaban J connectivity index is 1.55. The number of hydrogen-bond acceptors (Lipinski definition) is 2. The molecular formula is C20H19Cl3N2O. The fourth-order valence-electron chi connectivity index (χ4n) is 2.91. The fraction of sp³-hybridized carbons (Fsp3) is 0.250. The van der Waals surface area contributed by atoms with Gasteiger partial charge < -0.3 is 4.90 Å². The average Bonchev–Trinajstić information content (AvgIpc) is 2.64. The van der Waals surface area contributed by atoms with Gasteiger partial charge in [0.1, 0.15) is 0 Å². The second-order valence-corrected chi connectivity index (χ2v) is 7.38. The van der Waals surface area contributed by atoms with Crippen molar-refractivity contribution in [1.82, 2.24) is 9.80 Å². The summed E-state index contributed by atoms with van der Waals surface area (Å²) in [4.78, 5) is 16.5. The Kier molecular flexibility index (Phi) is 6.60. The minimum absolute atomic E-state index is 0.000320. The van der Waals surface area contributed by atoms with Gasteiger partial charge in [-0.3, -0.25) is 9.69 Å². The summed E-state index contributed by atoms with van der Waals surface area (Å²) >= 11 is 18.6. The van der Waals surface area contributed by atoms with E-state index in [9.17, 15) is 4.79 Å². The number of halogens is 3. The molecule has 0 aromatic heterocycles. The van der Waals surface area contributed by atoms with Gasteiger partial charge in [0.2, 0.25) is 5.91 Å². The summed E-state index contributed by atoms with van der Waals surface area (Å²) in [7, 11) is 0. The van der Waals surface area contributed by atoms with Crippen LogP contribution < -0.4 is 0 Å². The van der Waals surface area contributed by atoms with Crippen LogP contribution in [-0.4, -0.2) is 41.9 Å². The van der Waals surface area contributed by atoms with Crippen LogP contribution in [0.5, 0.6) is 0 Å². The lowest BCUT2D eigenvalue weighted by Crippen LogP contribution is -2.47. The van der Waals surface area contributed by atoms with E-state index in [1.54, 1.807) is 12.2 Å². The third kappa shape index (κ3) is 4.80.